The molecule has 1 aromatic rings. The van der Waals surface area contributed by atoms with Gasteiger partial charge in [-0.1, -0.05) is 11.6 Å². The third kappa shape index (κ3) is 5.55. The number of hydrogen-bond acceptors (Lipinski definition) is 5. The van der Waals surface area contributed by atoms with Crippen LogP contribution >= 0.6 is 11.6 Å². The molecule has 0 aromatic carbocycles. The van der Waals surface area contributed by atoms with E-state index in [0.717, 1.165) is 0 Å². The fraction of sp³-hybridized carbons (Fsp3) is 0.500. The molecule has 1 heterocycles. The van der Waals surface area contributed by atoms with Crippen LogP contribution in [0.1, 0.15) is 0 Å². The van der Waals surface area contributed by atoms with Crippen LogP contribution in [-0.4, -0.2) is 35.9 Å². The first-order valence-electron chi connectivity index (χ1n) is 4.55. The summed E-state index contributed by atoms with van der Waals surface area (Å²) in [5, 5.41) is 2.92. The topological polar surface area (TPSA) is 73.1 Å². The molecule has 0 amide bonds. The summed E-state index contributed by atoms with van der Waals surface area (Å²) in [6.07, 6.45) is -3.03. The van der Waals surface area contributed by atoms with Crippen LogP contribution in [0.5, 0.6) is 0 Å². The first-order chi connectivity index (χ1) is 7.88. The van der Waals surface area contributed by atoms with Crippen molar-refractivity contribution in [3.63, 3.8) is 0 Å². The Kier molecular flexibility index (Phi) is 4.76. The Bertz CT molecular complexity index is 374. The Morgan fingerprint density at radius 3 is 2.82 bits per heavy atom. The maximum Gasteiger partial charge on any atom is 0.411 e. The number of alkyl halides is 3. The number of nitrogens with one attached hydrogen (secondary N) is 1. The molecular weight excluding hydrogens is 261 g/mol. The number of aromatic nitrogens is 2. The Labute approximate surface area is 100 Å². The van der Waals surface area contributed by atoms with E-state index < -0.39 is 12.8 Å². The van der Waals surface area contributed by atoms with Crippen molar-refractivity contribution < 1.29 is 17.9 Å². The summed E-state index contributed by atoms with van der Waals surface area (Å²) in [5.41, 5.74) is 5.31. The van der Waals surface area contributed by atoms with Crippen LogP contribution in [0.3, 0.4) is 0 Å². The molecule has 0 fully saturated rings. The summed E-state index contributed by atoms with van der Waals surface area (Å²) in [6.45, 7) is -1.28. The van der Waals surface area contributed by atoms with E-state index in [4.69, 9.17) is 17.3 Å². The van der Waals surface area contributed by atoms with Gasteiger partial charge in [-0.25, -0.2) is 4.98 Å². The van der Waals surface area contributed by atoms with Gasteiger partial charge in [0.1, 0.15) is 11.6 Å². The Balaban J connectivity index is 2.29. The predicted octanol–water partition coefficient (Wildman–Crippen LogP) is 1.70. The highest BCUT2D eigenvalue weighted by Gasteiger charge is 2.27. The number of nitrogens with zero attached hydrogens (tertiary/aromatic N) is 2. The molecule has 96 valence electrons. The first-order valence-corrected chi connectivity index (χ1v) is 4.92. The SMILES string of the molecule is Nc1ncc(Cl)c(NCCOCC(F)(F)F)n1. The number of rotatable bonds is 5. The van der Waals surface area contributed by atoms with Crippen molar-refractivity contribution in [2.75, 3.05) is 30.8 Å². The van der Waals surface area contributed by atoms with Gasteiger partial charge in [-0.15, -0.1) is 0 Å². The molecule has 0 saturated carbocycles. The summed E-state index contributed by atoms with van der Waals surface area (Å²) in [6, 6.07) is 0. The van der Waals surface area contributed by atoms with Gasteiger partial charge in [0.05, 0.1) is 12.8 Å². The fourth-order valence-corrected chi connectivity index (χ4v) is 1.09. The number of hydrogen-bond donors (Lipinski definition) is 2. The second-order valence-electron chi connectivity index (χ2n) is 3.02. The molecule has 1 rings (SSSR count). The van der Waals surface area contributed by atoms with E-state index in [1.54, 1.807) is 0 Å². The summed E-state index contributed by atoms with van der Waals surface area (Å²) >= 11 is 5.72. The second-order valence-corrected chi connectivity index (χ2v) is 3.43. The van der Waals surface area contributed by atoms with Gasteiger partial charge in [-0.3, -0.25) is 0 Å². The molecule has 5 nitrogen and oxygen atoms in total. The summed E-state index contributed by atoms with van der Waals surface area (Å²) in [4.78, 5) is 7.40. The second kappa shape index (κ2) is 5.87. The zero-order valence-corrected chi connectivity index (χ0v) is 9.35. The van der Waals surface area contributed by atoms with Crippen LogP contribution in [-0.2, 0) is 4.74 Å². The van der Waals surface area contributed by atoms with Crippen LogP contribution in [0.2, 0.25) is 5.02 Å². The molecule has 0 saturated heterocycles. The zero-order valence-electron chi connectivity index (χ0n) is 8.59. The van der Waals surface area contributed by atoms with E-state index in [2.05, 4.69) is 20.0 Å². The van der Waals surface area contributed by atoms with Gasteiger partial charge in [0, 0.05) is 6.54 Å². The highest BCUT2D eigenvalue weighted by atomic mass is 35.5. The molecule has 0 radical (unpaired) electrons. The molecule has 0 aliphatic carbocycles. The molecule has 0 aliphatic rings. The minimum Gasteiger partial charge on any atom is -0.370 e. The summed E-state index contributed by atoms with van der Waals surface area (Å²) < 4.78 is 39.5. The van der Waals surface area contributed by atoms with Crippen LogP contribution in [0.4, 0.5) is 24.9 Å². The van der Waals surface area contributed by atoms with E-state index in [0.29, 0.717) is 0 Å². The number of anilines is 2. The van der Waals surface area contributed by atoms with Gasteiger partial charge >= 0.3 is 6.18 Å². The average molecular weight is 271 g/mol. The monoisotopic (exact) mass is 270 g/mol. The summed E-state index contributed by atoms with van der Waals surface area (Å²) in [5.74, 6) is 0.280. The third-order valence-electron chi connectivity index (χ3n) is 1.57. The highest BCUT2D eigenvalue weighted by Crippen LogP contribution is 2.18. The number of nitrogens with two attached hydrogens (primary N) is 1. The molecule has 0 spiro atoms. The molecule has 3 N–H and O–H groups in total. The summed E-state index contributed by atoms with van der Waals surface area (Å²) in [7, 11) is 0. The molecule has 17 heavy (non-hydrogen) atoms. The normalized spacial score (nSPS) is 11.5. The zero-order chi connectivity index (χ0) is 12.9. The van der Waals surface area contributed by atoms with Crippen molar-refractivity contribution in [3.8, 4) is 0 Å². The first kappa shape index (κ1) is 13.8. The van der Waals surface area contributed by atoms with E-state index in [-0.39, 0.29) is 29.9 Å². The minimum absolute atomic E-state index is 0.0214. The number of ether oxygens (including phenoxy) is 1. The van der Waals surface area contributed by atoms with Crippen LogP contribution in [0.25, 0.3) is 0 Å². The Morgan fingerprint density at radius 2 is 2.18 bits per heavy atom. The van der Waals surface area contributed by atoms with Crippen molar-refractivity contribution >= 4 is 23.4 Å². The fourth-order valence-electron chi connectivity index (χ4n) is 0.934. The van der Waals surface area contributed by atoms with Crippen molar-refractivity contribution in [1.82, 2.24) is 9.97 Å². The van der Waals surface area contributed by atoms with E-state index in [1.807, 2.05) is 0 Å². The third-order valence-corrected chi connectivity index (χ3v) is 1.84. The molecule has 0 atom stereocenters. The average Bonchev–Trinajstić information content (AvgIpc) is 2.21. The van der Waals surface area contributed by atoms with Crippen LogP contribution < -0.4 is 11.1 Å². The molecule has 0 aliphatic heterocycles. The highest BCUT2D eigenvalue weighted by molar-refractivity contribution is 6.32. The van der Waals surface area contributed by atoms with Gasteiger partial charge in [0.15, 0.2) is 5.82 Å². The Morgan fingerprint density at radius 1 is 1.47 bits per heavy atom. The molecule has 1 aromatic heterocycles. The van der Waals surface area contributed by atoms with Gasteiger partial charge in [-0.05, 0) is 0 Å². The number of halogens is 4. The molecule has 9 heteroatoms. The quantitative estimate of drug-likeness (QED) is 0.797. The van der Waals surface area contributed by atoms with Crippen LogP contribution in [0, 0.1) is 0 Å². The van der Waals surface area contributed by atoms with Crippen molar-refractivity contribution in [2.45, 2.75) is 6.18 Å². The van der Waals surface area contributed by atoms with E-state index >= 15 is 0 Å². The van der Waals surface area contributed by atoms with Gasteiger partial charge < -0.3 is 15.8 Å². The lowest BCUT2D eigenvalue weighted by Crippen LogP contribution is -2.20. The molecular formula is C8H10ClF3N4O. The van der Waals surface area contributed by atoms with Crippen molar-refractivity contribution in [2.24, 2.45) is 0 Å². The van der Waals surface area contributed by atoms with Gasteiger partial charge in [-0.2, -0.15) is 18.2 Å². The van der Waals surface area contributed by atoms with E-state index in [9.17, 15) is 13.2 Å². The lowest BCUT2D eigenvalue weighted by Gasteiger charge is -2.09. The standard InChI is InChI=1S/C8H10ClF3N4O/c9-5-3-15-7(13)16-6(5)14-1-2-17-4-8(10,11)12/h3H,1-2,4H2,(H3,13,14,15,16). The minimum atomic E-state index is -4.32. The maximum absolute atomic E-state index is 11.7. The van der Waals surface area contributed by atoms with Crippen LogP contribution in [0.15, 0.2) is 6.20 Å². The molecule has 0 bridgehead atoms. The van der Waals surface area contributed by atoms with Gasteiger partial charge in [0.25, 0.3) is 0 Å². The predicted molar refractivity (Wildman–Crippen MR) is 56.8 cm³/mol. The molecule has 0 unspecified atom stereocenters. The van der Waals surface area contributed by atoms with Crippen molar-refractivity contribution in [1.29, 1.82) is 0 Å². The van der Waals surface area contributed by atoms with Crippen molar-refractivity contribution in [3.05, 3.63) is 11.2 Å². The lowest BCUT2D eigenvalue weighted by atomic mass is 10.5. The van der Waals surface area contributed by atoms with E-state index in [1.165, 1.54) is 6.20 Å². The largest absolute Gasteiger partial charge is 0.411 e. The Hall–Kier alpha value is -1.28. The van der Waals surface area contributed by atoms with Gasteiger partial charge in [0.2, 0.25) is 5.95 Å². The lowest BCUT2D eigenvalue weighted by molar-refractivity contribution is -0.172. The smallest absolute Gasteiger partial charge is 0.370 e. The number of nitrogen functional groups attached to an aromatic ring is 1. The maximum atomic E-state index is 11.7.